The zero-order chi connectivity index (χ0) is 18.1. The Bertz CT molecular complexity index is 148. The molecule has 24 heavy (non-hydrogen) atoms. The van der Waals surface area contributed by atoms with Crippen LogP contribution in [0.4, 0.5) is 0 Å². The third-order valence-electron chi connectivity index (χ3n) is 3.31. The molecule has 0 unspecified atom stereocenters. The minimum absolute atomic E-state index is 0.754. The molecule has 0 aliphatic carbocycles. The normalized spacial score (nSPS) is 10.5. The molecule has 148 valence electrons. The molecule has 0 aromatic rings. The fourth-order valence-electron chi connectivity index (χ4n) is 1.63. The lowest BCUT2D eigenvalue weighted by Gasteiger charge is -2.03. The first-order chi connectivity index (χ1) is 11.8. The minimum Gasteiger partial charge on any atom is -0.379 e. The first-order valence-electron chi connectivity index (χ1n) is 10.1. The molecule has 0 aromatic carbocycles. The van der Waals surface area contributed by atoms with Gasteiger partial charge in [0.05, 0.1) is 26.4 Å². The lowest BCUT2D eigenvalue weighted by atomic mass is 10.4. The molecule has 0 aromatic heterocycles. The van der Waals surface area contributed by atoms with Crippen molar-refractivity contribution < 1.29 is 18.9 Å². The van der Waals surface area contributed by atoms with Crippen molar-refractivity contribution in [1.82, 2.24) is 0 Å². The molecular formula is C20H44O4. The van der Waals surface area contributed by atoms with Crippen LogP contribution >= 0.6 is 0 Å². The van der Waals surface area contributed by atoms with E-state index in [0.717, 1.165) is 78.5 Å². The summed E-state index contributed by atoms with van der Waals surface area (Å²) in [6.07, 6.45) is 9.47. The largest absolute Gasteiger partial charge is 0.379 e. The molecule has 4 nitrogen and oxygen atoms in total. The highest BCUT2D eigenvalue weighted by Gasteiger charge is 1.89. The van der Waals surface area contributed by atoms with Crippen molar-refractivity contribution in [2.75, 3.05) is 52.9 Å². The standard InChI is InChI=1S/2C10H22O2/c2*1-3-5-7-11-9-10-12-8-6-4-2/h2*3-10H2,1-2H3. The average Bonchev–Trinajstić information content (AvgIpc) is 2.60. The maximum atomic E-state index is 5.33. The van der Waals surface area contributed by atoms with Gasteiger partial charge in [-0.25, -0.2) is 0 Å². The molecule has 4 heteroatoms. The van der Waals surface area contributed by atoms with E-state index in [1.54, 1.807) is 0 Å². The summed E-state index contributed by atoms with van der Waals surface area (Å²) in [6, 6.07) is 0. The predicted molar refractivity (Wildman–Crippen MR) is 103 cm³/mol. The van der Waals surface area contributed by atoms with Crippen LogP contribution in [0.3, 0.4) is 0 Å². The van der Waals surface area contributed by atoms with Crippen LogP contribution in [0.25, 0.3) is 0 Å². The maximum Gasteiger partial charge on any atom is 0.0700 e. The quantitative estimate of drug-likeness (QED) is 0.317. The van der Waals surface area contributed by atoms with Crippen LogP contribution in [0.5, 0.6) is 0 Å². The summed E-state index contributed by atoms with van der Waals surface area (Å²) in [7, 11) is 0. The van der Waals surface area contributed by atoms with E-state index in [4.69, 9.17) is 18.9 Å². The monoisotopic (exact) mass is 348 g/mol. The lowest BCUT2D eigenvalue weighted by Crippen LogP contribution is -2.05. The second-order valence-electron chi connectivity index (χ2n) is 5.86. The van der Waals surface area contributed by atoms with Gasteiger partial charge in [-0.05, 0) is 25.7 Å². The molecule has 0 atom stereocenters. The Kier molecular flexibility index (Phi) is 30.1. The summed E-state index contributed by atoms with van der Waals surface area (Å²) in [5, 5.41) is 0. The molecule has 0 amide bonds. The third-order valence-corrected chi connectivity index (χ3v) is 3.31. The van der Waals surface area contributed by atoms with Gasteiger partial charge in [0.2, 0.25) is 0 Å². The van der Waals surface area contributed by atoms with E-state index < -0.39 is 0 Å². The van der Waals surface area contributed by atoms with Crippen molar-refractivity contribution in [3.8, 4) is 0 Å². The van der Waals surface area contributed by atoms with Gasteiger partial charge in [0, 0.05) is 26.4 Å². The van der Waals surface area contributed by atoms with E-state index >= 15 is 0 Å². The molecule has 0 fully saturated rings. The van der Waals surface area contributed by atoms with Crippen LogP contribution < -0.4 is 0 Å². The molecule has 0 N–H and O–H groups in total. The lowest BCUT2D eigenvalue weighted by molar-refractivity contribution is 0.0457. The van der Waals surface area contributed by atoms with E-state index in [9.17, 15) is 0 Å². The molecule has 0 aliphatic heterocycles. The molecule has 0 heterocycles. The van der Waals surface area contributed by atoms with Crippen molar-refractivity contribution in [3.63, 3.8) is 0 Å². The first kappa shape index (κ1) is 26.1. The van der Waals surface area contributed by atoms with Gasteiger partial charge in [-0.1, -0.05) is 53.4 Å². The van der Waals surface area contributed by atoms with Crippen LogP contribution in [0.1, 0.15) is 79.1 Å². The minimum atomic E-state index is 0.754. The van der Waals surface area contributed by atoms with Gasteiger partial charge < -0.3 is 18.9 Å². The van der Waals surface area contributed by atoms with E-state index in [0.29, 0.717) is 0 Å². The summed E-state index contributed by atoms with van der Waals surface area (Å²) < 4.78 is 21.3. The first-order valence-corrected chi connectivity index (χ1v) is 10.1. The predicted octanol–water partition coefficient (Wildman–Crippen LogP) is 5.24. The molecule has 0 spiro atoms. The van der Waals surface area contributed by atoms with Gasteiger partial charge in [-0.2, -0.15) is 0 Å². The molecular weight excluding hydrogens is 304 g/mol. The van der Waals surface area contributed by atoms with E-state index in [-0.39, 0.29) is 0 Å². The van der Waals surface area contributed by atoms with Gasteiger partial charge in [-0.15, -0.1) is 0 Å². The summed E-state index contributed by atoms with van der Waals surface area (Å²) >= 11 is 0. The number of hydrogen-bond donors (Lipinski definition) is 0. The Morgan fingerprint density at radius 2 is 0.542 bits per heavy atom. The van der Waals surface area contributed by atoms with Crippen molar-refractivity contribution in [2.45, 2.75) is 79.1 Å². The number of unbranched alkanes of at least 4 members (excludes halogenated alkanes) is 4. The molecule has 0 radical (unpaired) electrons. The van der Waals surface area contributed by atoms with Gasteiger partial charge in [0.15, 0.2) is 0 Å². The Morgan fingerprint density at radius 1 is 0.333 bits per heavy atom. The van der Waals surface area contributed by atoms with Gasteiger partial charge >= 0.3 is 0 Å². The molecule has 0 saturated carbocycles. The zero-order valence-electron chi connectivity index (χ0n) is 16.9. The summed E-state index contributed by atoms with van der Waals surface area (Å²) in [5.74, 6) is 0. The van der Waals surface area contributed by atoms with Crippen molar-refractivity contribution in [3.05, 3.63) is 0 Å². The smallest absolute Gasteiger partial charge is 0.0700 e. The fourth-order valence-corrected chi connectivity index (χ4v) is 1.63. The molecule has 0 rings (SSSR count). The van der Waals surface area contributed by atoms with Gasteiger partial charge in [-0.3, -0.25) is 0 Å². The number of rotatable bonds is 18. The summed E-state index contributed by atoms with van der Waals surface area (Å²) in [4.78, 5) is 0. The van der Waals surface area contributed by atoms with E-state index in [2.05, 4.69) is 27.7 Å². The third kappa shape index (κ3) is 29.8. The zero-order valence-corrected chi connectivity index (χ0v) is 16.9. The van der Waals surface area contributed by atoms with Crippen molar-refractivity contribution >= 4 is 0 Å². The highest BCUT2D eigenvalue weighted by Crippen LogP contribution is 1.91. The Balaban J connectivity index is 0. The van der Waals surface area contributed by atoms with Crippen molar-refractivity contribution in [1.29, 1.82) is 0 Å². The topological polar surface area (TPSA) is 36.9 Å². The van der Waals surface area contributed by atoms with Gasteiger partial charge in [0.25, 0.3) is 0 Å². The fraction of sp³-hybridized carbons (Fsp3) is 1.00. The van der Waals surface area contributed by atoms with E-state index in [1.807, 2.05) is 0 Å². The second-order valence-corrected chi connectivity index (χ2v) is 5.86. The summed E-state index contributed by atoms with van der Waals surface area (Å²) in [5.41, 5.74) is 0. The van der Waals surface area contributed by atoms with Crippen LogP contribution in [0.15, 0.2) is 0 Å². The summed E-state index contributed by atoms with van der Waals surface area (Å²) in [6.45, 7) is 15.2. The molecule has 0 saturated heterocycles. The maximum absolute atomic E-state index is 5.33. The van der Waals surface area contributed by atoms with Crippen LogP contribution in [-0.2, 0) is 18.9 Å². The average molecular weight is 349 g/mol. The highest BCUT2D eigenvalue weighted by molar-refractivity contribution is 4.36. The van der Waals surface area contributed by atoms with Crippen LogP contribution in [-0.4, -0.2) is 52.9 Å². The van der Waals surface area contributed by atoms with Gasteiger partial charge in [0.1, 0.15) is 0 Å². The Morgan fingerprint density at radius 3 is 0.708 bits per heavy atom. The van der Waals surface area contributed by atoms with Crippen molar-refractivity contribution in [2.24, 2.45) is 0 Å². The van der Waals surface area contributed by atoms with Crippen LogP contribution in [0, 0.1) is 0 Å². The van der Waals surface area contributed by atoms with Crippen LogP contribution in [0.2, 0.25) is 0 Å². The Hall–Kier alpha value is -0.160. The number of hydrogen-bond acceptors (Lipinski definition) is 4. The SMILES string of the molecule is CCCCOCCOCCCC.CCCCOCCOCCCC. The molecule has 0 aliphatic rings. The number of ether oxygens (including phenoxy) is 4. The highest BCUT2D eigenvalue weighted by atomic mass is 16.5. The van der Waals surface area contributed by atoms with E-state index in [1.165, 1.54) is 25.7 Å². The second kappa shape index (κ2) is 27.7. The Labute approximate surface area is 151 Å². The molecule has 0 bridgehead atoms.